The van der Waals surface area contributed by atoms with Crippen LogP contribution < -0.4 is 15.4 Å². The first-order valence-electron chi connectivity index (χ1n) is 7.24. The van der Waals surface area contributed by atoms with Crippen LogP contribution in [-0.4, -0.2) is 27.7 Å². The first kappa shape index (κ1) is 15.4. The standard InChI is InChI=1S/C18H24N2O/c1-20(2)17-8-4-6-14(11-17)10-16(13-19)15-7-5-9-18(12-15)21-3/h4-9,11-12,16H,10,13,19H2,1-3H3. The van der Waals surface area contributed by atoms with Crippen LogP contribution in [0.4, 0.5) is 5.69 Å². The molecule has 0 aromatic heterocycles. The van der Waals surface area contributed by atoms with E-state index in [-0.39, 0.29) is 0 Å². The Balaban J connectivity index is 2.20. The molecule has 0 bridgehead atoms. The molecule has 0 aliphatic heterocycles. The molecule has 3 nitrogen and oxygen atoms in total. The second-order valence-electron chi connectivity index (χ2n) is 5.48. The molecular weight excluding hydrogens is 260 g/mol. The number of methoxy groups -OCH3 is 1. The van der Waals surface area contributed by atoms with Crippen molar-refractivity contribution in [3.05, 3.63) is 59.7 Å². The Bertz CT molecular complexity index is 581. The number of hydrogen-bond acceptors (Lipinski definition) is 3. The molecule has 0 spiro atoms. The largest absolute Gasteiger partial charge is 0.497 e. The monoisotopic (exact) mass is 284 g/mol. The molecule has 3 heteroatoms. The molecular formula is C18H24N2O. The van der Waals surface area contributed by atoms with Gasteiger partial charge in [0.25, 0.3) is 0 Å². The van der Waals surface area contributed by atoms with Gasteiger partial charge in [0.1, 0.15) is 5.75 Å². The lowest BCUT2D eigenvalue weighted by Crippen LogP contribution is -2.15. The van der Waals surface area contributed by atoms with Crippen LogP contribution in [0, 0.1) is 0 Å². The fourth-order valence-corrected chi connectivity index (χ4v) is 2.48. The molecule has 0 fully saturated rings. The molecule has 112 valence electrons. The highest BCUT2D eigenvalue weighted by Gasteiger charge is 2.12. The molecule has 1 unspecified atom stereocenters. The van der Waals surface area contributed by atoms with Crippen molar-refractivity contribution < 1.29 is 4.74 Å². The van der Waals surface area contributed by atoms with Crippen LogP contribution in [0.15, 0.2) is 48.5 Å². The summed E-state index contributed by atoms with van der Waals surface area (Å²) in [4.78, 5) is 2.12. The third-order valence-corrected chi connectivity index (χ3v) is 3.76. The van der Waals surface area contributed by atoms with Gasteiger partial charge in [-0.05, 0) is 48.4 Å². The lowest BCUT2D eigenvalue weighted by Gasteiger charge is -2.18. The van der Waals surface area contributed by atoms with Gasteiger partial charge in [-0.3, -0.25) is 0 Å². The highest BCUT2D eigenvalue weighted by molar-refractivity contribution is 5.47. The van der Waals surface area contributed by atoms with E-state index < -0.39 is 0 Å². The highest BCUT2D eigenvalue weighted by Crippen LogP contribution is 2.25. The van der Waals surface area contributed by atoms with Crippen LogP contribution in [-0.2, 0) is 6.42 Å². The van der Waals surface area contributed by atoms with Gasteiger partial charge in [-0.15, -0.1) is 0 Å². The van der Waals surface area contributed by atoms with Gasteiger partial charge < -0.3 is 15.4 Å². The molecule has 2 rings (SSSR count). The van der Waals surface area contributed by atoms with E-state index >= 15 is 0 Å². The molecule has 2 N–H and O–H groups in total. The fraction of sp³-hybridized carbons (Fsp3) is 0.333. The number of hydrogen-bond donors (Lipinski definition) is 1. The Hall–Kier alpha value is -2.00. The van der Waals surface area contributed by atoms with E-state index in [1.807, 2.05) is 12.1 Å². The Morgan fingerprint density at radius 2 is 1.86 bits per heavy atom. The molecule has 0 radical (unpaired) electrons. The van der Waals surface area contributed by atoms with Crippen molar-refractivity contribution in [3.63, 3.8) is 0 Å². The molecule has 0 aliphatic rings. The van der Waals surface area contributed by atoms with E-state index in [1.165, 1.54) is 16.8 Å². The van der Waals surface area contributed by atoms with Crippen molar-refractivity contribution in [2.45, 2.75) is 12.3 Å². The molecule has 21 heavy (non-hydrogen) atoms. The summed E-state index contributed by atoms with van der Waals surface area (Å²) in [6, 6.07) is 16.8. The molecule has 0 saturated heterocycles. The van der Waals surface area contributed by atoms with Crippen LogP contribution in [0.25, 0.3) is 0 Å². The number of rotatable bonds is 6. The maximum Gasteiger partial charge on any atom is 0.119 e. The summed E-state index contributed by atoms with van der Waals surface area (Å²) in [5.41, 5.74) is 9.74. The average molecular weight is 284 g/mol. The van der Waals surface area contributed by atoms with Crippen molar-refractivity contribution >= 4 is 5.69 Å². The summed E-state index contributed by atoms with van der Waals surface area (Å²) in [5.74, 6) is 1.19. The SMILES string of the molecule is COc1cccc(C(CN)Cc2cccc(N(C)C)c2)c1. The maximum atomic E-state index is 5.99. The molecule has 0 amide bonds. The van der Waals surface area contributed by atoms with Gasteiger partial charge in [-0.25, -0.2) is 0 Å². The Kier molecular flexibility index (Phi) is 5.23. The minimum Gasteiger partial charge on any atom is -0.497 e. The highest BCUT2D eigenvalue weighted by atomic mass is 16.5. The number of ether oxygens (including phenoxy) is 1. The maximum absolute atomic E-state index is 5.99. The normalized spacial score (nSPS) is 12.0. The number of nitrogens with two attached hydrogens (primary N) is 1. The number of anilines is 1. The van der Waals surface area contributed by atoms with Crippen molar-refractivity contribution in [1.82, 2.24) is 0 Å². The Morgan fingerprint density at radius 1 is 1.10 bits per heavy atom. The van der Waals surface area contributed by atoms with E-state index in [4.69, 9.17) is 10.5 Å². The summed E-state index contributed by atoms with van der Waals surface area (Å²) < 4.78 is 5.30. The summed E-state index contributed by atoms with van der Waals surface area (Å²) in [6.45, 7) is 0.624. The predicted octanol–water partition coefficient (Wildman–Crippen LogP) is 3.05. The molecule has 2 aromatic rings. The van der Waals surface area contributed by atoms with Gasteiger partial charge in [0.05, 0.1) is 7.11 Å². The van der Waals surface area contributed by atoms with E-state index in [2.05, 4.69) is 55.4 Å². The zero-order valence-electron chi connectivity index (χ0n) is 13.0. The Morgan fingerprint density at radius 3 is 2.52 bits per heavy atom. The van der Waals surface area contributed by atoms with E-state index in [9.17, 15) is 0 Å². The third-order valence-electron chi connectivity index (χ3n) is 3.76. The second-order valence-corrected chi connectivity index (χ2v) is 5.48. The van der Waals surface area contributed by atoms with Gasteiger partial charge in [-0.1, -0.05) is 24.3 Å². The molecule has 1 atom stereocenters. The third kappa shape index (κ3) is 3.99. The summed E-state index contributed by atoms with van der Waals surface area (Å²) >= 11 is 0. The molecule has 0 aliphatic carbocycles. The minimum atomic E-state index is 0.303. The Labute approximate surface area is 127 Å². The van der Waals surface area contributed by atoms with Gasteiger partial charge in [0.2, 0.25) is 0 Å². The number of benzene rings is 2. The average Bonchev–Trinajstić information content (AvgIpc) is 2.53. The van der Waals surface area contributed by atoms with Crippen LogP contribution >= 0.6 is 0 Å². The van der Waals surface area contributed by atoms with Crippen LogP contribution in [0.3, 0.4) is 0 Å². The summed E-state index contributed by atoms with van der Waals surface area (Å²) in [5, 5.41) is 0. The first-order valence-corrected chi connectivity index (χ1v) is 7.24. The fourth-order valence-electron chi connectivity index (χ4n) is 2.48. The smallest absolute Gasteiger partial charge is 0.119 e. The van der Waals surface area contributed by atoms with Crippen molar-refractivity contribution in [3.8, 4) is 5.75 Å². The summed E-state index contributed by atoms with van der Waals surface area (Å²) in [7, 11) is 5.81. The van der Waals surface area contributed by atoms with Crippen LogP contribution in [0.1, 0.15) is 17.0 Å². The van der Waals surface area contributed by atoms with Gasteiger partial charge in [-0.2, -0.15) is 0 Å². The van der Waals surface area contributed by atoms with Crippen LogP contribution in [0.2, 0.25) is 0 Å². The van der Waals surface area contributed by atoms with E-state index in [1.54, 1.807) is 7.11 Å². The zero-order chi connectivity index (χ0) is 15.2. The van der Waals surface area contributed by atoms with E-state index in [0.717, 1.165) is 12.2 Å². The molecule has 2 aromatic carbocycles. The quantitative estimate of drug-likeness (QED) is 0.886. The molecule has 0 saturated carbocycles. The predicted molar refractivity (Wildman–Crippen MR) is 89.3 cm³/mol. The zero-order valence-corrected chi connectivity index (χ0v) is 13.0. The van der Waals surface area contributed by atoms with Gasteiger partial charge >= 0.3 is 0 Å². The van der Waals surface area contributed by atoms with Crippen LogP contribution in [0.5, 0.6) is 5.75 Å². The minimum absolute atomic E-state index is 0.303. The number of nitrogens with zero attached hydrogens (tertiary/aromatic N) is 1. The molecule has 0 heterocycles. The first-order chi connectivity index (χ1) is 10.1. The van der Waals surface area contributed by atoms with Crippen molar-refractivity contribution in [2.24, 2.45) is 5.73 Å². The lowest BCUT2D eigenvalue weighted by molar-refractivity contribution is 0.413. The van der Waals surface area contributed by atoms with E-state index in [0.29, 0.717) is 12.5 Å². The second kappa shape index (κ2) is 7.14. The van der Waals surface area contributed by atoms with Crippen molar-refractivity contribution in [2.75, 3.05) is 32.6 Å². The van der Waals surface area contributed by atoms with Gasteiger partial charge in [0.15, 0.2) is 0 Å². The van der Waals surface area contributed by atoms with Gasteiger partial charge in [0, 0.05) is 25.7 Å². The van der Waals surface area contributed by atoms with Crippen molar-refractivity contribution in [1.29, 1.82) is 0 Å². The summed E-state index contributed by atoms with van der Waals surface area (Å²) in [6.07, 6.45) is 0.936. The lowest BCUT2D eigenvalue weighted by atomic mass is 9.91. The topological polar surface area (TPSA) is 38.5 Å².